The third kappa shape index (κ3) is 4.70. The van der Waals surface area contributed by atoms with Crippen LogP contribution in [0.15, 0.2) is 24.3 Å². The van der Waals surface area contributed by atoms with Crippen LogP contribution < -0.4 is 10.1 Å². The Kier molecular flexibility index (Phi) is 6.08. The Balaban J connectivity index is 2.95. The smallest absolute Gasteiger partial charge is 0.387 e. The van der Waals surface area contributed by atoms with Gasteiger partial charge in [-0.25, -0.2) is 4.79 Å². The molecule has 0 saturated carbocycles. The maximum Gasteiger partial charge on any atom is 0.387 e. The van der Waals surface area contributed by atoms with Gasteiger partial charge in [0.15, 0.2) is 0 Å². The normalized spacial score (nSPS) is 13.6. The summed E-state index contributed by atoms with van der Waals surface area (Å²) in [4.78, 5) is 23.2. The Morgan fingerprint density at radius 3 is 2.48 bits per heavy atom. The number of halogens is 2. The second-order valence-electron chi connectivity index (χ2n) is 4.55. The topological polar surface area (TPSA) is 75.6 Å². The van der Waals surface area contributed by atoms with E-state index >= 15 is 0 Å². The molecule has 7 heteroatoms. The van der Waals surface area contributed by atoms with Gasteiger partial charge in [-0.2, -0.15) is 8.78 Å². The number of carbonyl (C=O) groups is 2. The molecular formula is C14H17F2NO4. The highest BCUT2D eigenvalue weighted by molar-refractivity contribution is 5.98. The summed E-state index contributed by atoms with van der Waals surface area (Å²) in [7, 11) is 0. The van der Waals surface area contributed by atoms with E-state index in [-0.39, 0.29) is 17.2 Å². The van der Waals surface area contributed by atoms with Crippen molar-refractivity contribution in [1.29, 1.82) is 0 Å². The molecule has 0 spiro atoms. The Hall–Kier alpha value is -2.18. The number of hydrogen-bond donors (Lipinski definition) is 2. The number of benzene rings is 1. The lowest BCUT2D eigenvalue weighted by Gasteiger charge is -2.20. The largest absolute Gasteiger partial charge is 0.480 e. The number of ether oxygens (including phenoxy) is 1. The molecule has 5 nitrogen and oxygen atoms in total. The minimum atomic E-state index is -3.07. The van der Waals surface area contributed by atoms with Gasteiger partial charge in [0.2, 0.25) is 0 Å². The Labute approximate surface area is 120 Å². The Bertz CT molecular complexity index is 508. The molecule has 1 aromatic carbocycles. The van der Waals surface area contributed by atoms with E-state index in [0.717, 1.165) is 0 Å². The van der Waals surface area contributed by atoms with E-state index in [1.54, 1.807) is 13.8 Å². The molecule has 0 radical (unpaired) electrons. The standard InChI is InChI=1S/C14H17F2NO4/c1-3-8(2)11(13(19)20)17-12(18)9-6-4-5-7-10(9)21-14(15)16/h4-8,11,14H,3H2,1-2H3,(H,17,18)(H,19,20). The molecule has 1 amide bonds. The molecule has 2 N–H and O–H groups in total. The number of nitrogens with one attached hydrogen (secondary N) is 1. The molecule has 0 aliphatic carbocycles. The zero-order valence-corrected chi connectivity index (χ0v) is 11.7. The van der Waals surface area contributed by atoms with Gasteiger partial charge in [-0.3, -0.25) is 4.79 Å². The van der Waals surface area contributed by atoms with Crippen molar-refractivity contribution in [2.75, 3.05) is 0 Å². The molecule has 116 valence electrons. The van der Waals surface area contributed by atoms with Crippen molar-refractivity contribution in [2.24, 2.45) is 5.92 Å². The van der Waals surface area contributed by atoms with Gasteiger partial charge < -0.3 is 15.2 Å². The third-order valence-electron chi connectivity index (χ3n) is 3.11. The van der Waals surface area contributed by atoms with Gasteiger partial charge in [0.25, 0.3) is 5.91 Å². The minimum absolute atomic E-state index is 0.132. The highest BCUT2D eigenvalue weighted by atomic mass is 19.3. The fraction of sp³-hybridized carbons (Fsp3) is 0.429. The van der Waals surface area contributed by atoms with Crippen LogP contribution in [-0.2, 0) is 4.79 Å². The van der Waals surface area contributed by atoms with Crippen molar-refractivity contribution in [3.8, 4) is 5.75 Å². The quantitative estimate of drug-likeness (QED) is 0.811. The zero-order chi connectivity index (χ0) is 16.0. The molecule has 0 aliphatic rings. The monoisotopic (exact) mass is 301 g/mol. The first-order chi connectivity index (χ1) is 9.86. The predicted octanol–water partition coefficient (Wildman–Crippen LogP) is 2.52. The van der Waals surface area contributed by atoms with Crippen molar-refractivity contribution in [2.45, 2.75) is 32.9 Å². The van der Waals surface area contributed by atoms with E-state index in [1.165, 1.54) is 24.3 Å². The molecule has 0 heterocycles. The summed E-state index contributed by atoms with van der Waals surface area (Å²) < 4.78 is 28.8. The first kappa shape index (κ1) is 16.9. The number of rotatable bonds is 7. The highest BCUT2D eigenvalue weighted by Crippen LogP contribution is 2.20. The van der Waals surface area contributed by atoms with Gasteiger partial charge in [0, 0.05) is 0 Å². The number of carbonyl (C=O) groups excluding carboxylic acids is 1. The summed E-state index contributed by atoms with van der Waals surface area (Å²) in [5.74, 6) is -2.53. The molecule has 0 aromatic heterocycles. The summed E-state index contributed by atoms with van der Waals surface area (Å²) in [5, 5.41) is 11.5. The number of aliphatic carboxylic acids is 1. The van der Waals surface area contributed by atoms with Gasteiger partial charge in [-0.15, -0.1) is 0 Å². The maximum atomic E-state index is 12.3. The van der Waals surface area contributed by atoms with E-state index in [1.807, 2.05) is 0 Å². The van der Waals surface area contributed by atoms with Crippen molar-refractivity contribution < 1.29 is 28.2 Å². The van der Waals surface area contributed by atoms with E-state index in [9.17, 15) is 18.4 Å². The third-order valence-corrected chi connectivity index (χ3v) is 3.11. The molecular weight excluding hydrogens is 284 g/mol. The van der Waals surface area contributed by atoms with Crippen LogP contribution in [0.3, 0.4) is 0 Å². The average Bonchev–Trinajstić information content (AvgIpc) is 2.43. The first-order valence-electron chi connectivity index (χ1n) is 6.44. The van der Waals surface area contributed by atoms with Crippen LogP contribution in [0.2, 0.25) is 0 Å². The summed E-state index contributed by atoms with van der Waals surface area (Å²) >= 11 is 0. The summed E-state index contributed by atoms with van der Waals surface area (Å²) in [6.45, 7) is 0.408. The average molecular weight is 301 g/mol. The SMILES string of the molecule is CCC(C)C(NC(=O)c1ccccc1OC(F)F)C(=O)O. The lowest BCUT2D eigenvalue weighted by Crippen LogP contribution is -2.45. The lowest BCUT2D eigenvalue weighted by molar-refractivity contribution is -0.140. The molecule has 2 atom stereocenters. The van der Waals surface area contributed by atoms with Crippen LogP contribution in [0.5, 0.6) is 5.75 Å². The fourth-order valence-electron chi connectivity index (χ4n) is 1.76. The molecule has 0 fully saturated rings. The van der Waals surface area contributed by atoms with Crippen LogP contribution in [0.4, 0.5) is 8.78 Å². The molecule has 1 rings (SSSR count). The van der Waals surface area contributed by atoms with E-state index in [4.69, 9.17) is 5.11 Å². The van der Waals surface area contributed by atoms with E-state index < -0.39 is 24.5 Å². The fourth-order valence-corrected chi connectivity index (χ4v) is 1.76. The van der Waals surface area contributed by atoms with Crippen molar-refractivity contribution in [3.05, 3.63) is 29.8 Å². The Morgan fingerprint density at radius 2 is 1.95 bits per heavy atom. The number of alkyl halides is 2. The maximum absolute atomic E-state index is 12.3. The molecule has 0 bridgehead atoms. The number of para-hydroxylation sites is 1. The van der Waals surface area contributed by atoms with Crippen molar-refractivity contribution in [1.82, 2.24) is 5.32 Å². The van der Waals surface area contributed by atoms with Crippen LogP contribution in [0.1, 0.15) is 30.6 Å². The second-order valence-corrected chi connectivity index (χ2v) is 4.55. The second kappa shape index (κ2) is 7.56. The van der Waals surface area contributed by atoms with Gasteiger partial charge in [-0.05, 0) is 18.1 Å². The van der Waals surface area contributed by atoms with Gasteiger partial charge in [-0.1, -0.05) is 32.4 Å². The predicted molar refractivity (Wildman–Crippen MR) is 71.4 cm³/mol. The molecule has 1 aromatic rings. The number of carboxylic acids is 1. The van der Waals surface area contributed by atoms with E-state index in [2.05, 4.69) is 10.1 Å². The van der Waals surface area contributed by atoms with Gasteiger partial charge >= 0.3 is 12.6 Å². The minimum Gasteiger partial charge on any atom is -0.480 e. The van der Waals surface area contributed by atoms with Crippen molar-refractivity contribution >= 4 is 11.9 Å². The lowest BCUT2D eigenvalue weighted by atomic mass is 9.99. The zero-order valence-electron chi connectivity index (χ0n) is 11.7. The number of carboxylic acid groups (broad SMARTS) is 1. The summed E-state index contributed by atoms with van der Waals surface area (Å²) in [5.41, 5.74) is -0.132. The molecule has 0 aliphatic heterocycles. The summed E-state index contributed by atoms with van der Waals surface area (Å²) in [6, 6.07) is 4.34. The molecule has 21 heavy (non-hydrogen) atoms. The highest BCUT2D eigenvalue weighted by Gasteiger charge is 2.27. The van der Waals surface area contributed by atoms with Crippen LogP contribution >= 0.6 is 0 Å². The van der Waals surface area contributed by atoms with Crippen molar-refractivity contribution in [3.63, 3.8) is 0 Å². The van der Waals surface area contributed by atoms with E-state index in [0.29, 0.717) is 6.42 Å². The van der Waals surface area contributed by atoms with Gasteiger partial charge in [0.05, 0.1) is 5.56 Å². The van der Waals surface area contributed by atoms with Gasteiger partial charge in [0.1, 0.15) is 11.8 Å². The Morgan fingerprint density at radius 1 is 1.33 bits per heavy atom. The summed E-state index contributed by atoms with van der Waals surface area (Å²) in [6.07, 6.45) is 0.548. The molecule has 2 unspecified atom stereocenters. The first-order valence-corrected chi connectivity index (χ1v) is 6.44. The molecule has 0 saturated heterocycles. The van der Waals surface area contributed by atoms with Crippen LogP contribution in [-0.4, -0.2) is 29.6 Å². The number of hydrogen-bond acceptors (Lipinski definition) is 3. The van der Waals surface area contributed by atoms with Crippen LogP contribution in [0.25, 0.3) is 0 Å². The number of amides is 1. The van der Waals surface area contributed by atoms with Crippen LogP contribution in [0, 0.1) is 5.92 Å².